The Morgan fingerprint density at radius 2 is 1.63 bits per heavy atom. The summed E-state index contributed by atoms with van der Waals surface area (Å²) in [4.78, 5) is 0. The number of benzene rings is 2. The molecule has 0 saturated carbocycles. The van der Waals surface area contributed by atoms with Gasteiger partial charge in [0.05, 0.1) is 5.92 Å². The number of hydrogen-bond donors (Lipinski definition) is 2. The van der Waals surface area contributed by atoms with Crippen LogP contribution in [-0.4, -0.2) is 11.3 Å². The summed E-state index contributed by atoms with van der Waals surface area (Å²) in [5.74, 6) is 0.330. The second kappa shape index (κ2) is 4.88. The Morgan fingerprint density at radius 1 is 0.947 bits per heavy atom. The molecule has 2 aromatic carbocycles. The minimum absolute atomic E-state index is 0.353. The summed E-state index contributed by atoms with van der Waals surface area (Å²) >= 11 is 0. The highest BCUT2D eigenvalue weighted by molar-refractivity contribution is 5.78. The number of nitrogens with two attached hydrogens (primary N) is 1. The summed E-state index contributed by atoms with van der Waals surface area (Å²) in [5, 5.41) is 10.9. The van der Waals surface area contributed by atoms with E-state index in [1.807, 2.05) is 60.7 Å². The van der Waals surface area contributed by atoms with Gasteiger partial charge in [-0.25, -0.2) is 0 Å². The van der Waals surface area contributed by atoms with E-state index in [0.29, 0.717) is 5.76 Å². The van der Waals surface area contributed by atoms with E-state index in [2.05, 4.69) is 0 Å². The quantitative estimate of drug-likeness (QED) is 0.706. The third kappa shape index (κ3) is 2.26. The lowest BCUT2D eigenvalue weighted by Crippen LogP contribution is -2.28. The fraction of sp³-hybridized carbons (Fsp3) is 0.125. The van der Waals surface area contributed by atoms with Crippen LogP contribution in [0.5, 0.6) is 0 Å². The molecule has 3 aromatic rings. The Bertz CT molecular complexity index is 640. The molecule has 0 fully saturated rings. The molecule has 0 aliphatic heterocycles. The Balaban J connectivity index is 2.10. The first-order valence-electron chi connectivity index (χ1n) is 6.23. The van der Waals surface area contributed by atoms with Crippen molar-refractivity contribution in [1.29, 1.82) is 0 Å². The van der Waals surface area contributed by atoms with Crippen LogP contribution in [0.1, 0.15) is 17.2 Å². The van der Waals surface area contributed by atoms with E-state index < -0.39 is 6.23 Å². The van der Waals surface area contributed by atoms with Gasteiger partial charge in [-0.3, -0.25) is 0 Å². The molecule has 0 amide bonds. The molecule has 3 heteroatoms. The summed E-state index contributed by atoms with van der Waals surface area (Å²) in [5.41, 5.74) is 7.46. The van der Waals surface area contributed by atoms with Gasteiger partial charge in [0, 0.05) is 5.39 Å². The zero-order valence-electron chi connectivity index (χ0n) is 10.4. The zero-order valence-corrected chi connectivity index (χ0v) is 10.4. The van der Waals surface area contributed by atoms with Gasteiger partial charge in [0.1, 0.15) is 17.6 Å². The van der Waals surface area contributed by atoms with Crippen LogP contribution in [-0.2, 0) is 0 Å². The third-order valence-electron chi connectivity index (χ3n) is 3.25. The van der Waals surface area contributed by atoms with E-state index in [1.165, 1.54) is 0 Å². The van der Waals surface area contributed by atoms with Crippen LogP contribution in [0.15, 0.2) is 65.1 Å². The predicted molar refractivity (Wildman–Crippen MR) is 74.7 cm³/mol. The Hall–Kier alpha value is -2.10. The number of aliphatic hydroxyl groups excluding tert-OH is 1. The molecule has 3 N–H and O–H groups in total. The molecular weight excluding hydrogens is 238 g/mol. The lowest BCUT2D eigenvalue weighted by atomic mass is 9.95. The third-order valence-corrected chi connectivity index (χ3v) is 3.25. The first-order chi connectivity index (χ1) is 9.25. The molecule has 0 aliphatic rings. The zero-order chi connectivity index (χ0) is 13.2. The van der Waals surface area contributed by atoms with E-state index in [0.717, 1.165) is 16.5 Å². The van der Waals surface area contributed by atoms with E-state index in [1.54, 1.807) is 0 Å². The first kappa shape index (κ1) is 12.0. The molecule has 2 atom stereocenters. The van der Waals surface area contributed by atoms with Crippen molar-refractivity contribution in [2.45, 2.75) is 12.1 Å². The van der Waals surface area contributed by atoms with Gasteiger partial charge >= 0.3 is 0 Å². The van der Waals surface area contributed by atoms with Crippen LogP contribution in [0, 0.1) is 0 Å². The van der Waals surface area contributed by atoms with Gasteiger partial charge in [0.15, 0.2) is 0 Å². The Labute approximate surface area is 111 Å². The molecule has 1 aromatic heterocycles. The minimum atomic E-state index is -0.997. The molecule has 1 heterocycles. The fourth-order valence-corrected chi connectivity index (χ4v) is 2.35. The predicted octanol–water partition coefficient (Wildman–Crippen LogP) is 2.84. The largest absolute Gasteiger partial charge is 0.460 e. The summed E-state index contributed by atoms with van der Waals surface area (Å²) in [6.07, 6.45) is -0.997. The van der Waals surface area contributed by atoms with Crippen LogP contribution in [0.2, 0.25) is 0 Å². The summed E-state index contributed by atoms with van der Waals surface area (Å²) < 4.78 is 5.81. The highest BCUT2D eigenvalue weighted by atomic mass is 16.3. The van der Waals surface area contributed by atoms with Crippen molar-refractivity contribution in [3.8, 4) is 0 Å². The number of rotatable bonds is 3. The average Bonchev–Trinajstić information content (AvgIpc) is 2.82. The van der Waals surface area contributed by atoms with Crippen LogP contribution >= 0.6 is 0 Å². The number of furan rings is 1. The topological polar surface area (TPSA) is 59.4 Å². The van der Waals surface area contributed by atoms with E-state index in [4.69, 9.17) is 10.2 Å². The second-order valence-electron chi connectivity index (χ2n) is 4.57. The van der Waals surface area contributed by atoms with Crippen LogP contribution in [0.4, 0.5) is 0 Å². The first-order valence-corrected chi connectivity index (χ1v) is 6.23. The summed E-state index contributed by atoms with van der Waals surface area (Å²) in [6.45, 7) is 0. The lowest BCUT2D eigenvalue weighted by molar-refractivity contribution is 0.155. The highest BCUT2D eigenvalue weighted by Crippen LogP contribution is 2.31. The molecular formula is C16H15NO2. The molecule has 3 rings (SSSR count). The van der Waals surface area contributed by atoms with Crippen molar-refractivity contribution in [2.75, 3.05) is 0 Å². The van der Waals surface area contributed by atoms with Crippen molar-refractivity contribution in [2.24, 2.45) is 5.73 Å². The van der Waals surface area contributed by atoms with E-state index >= 15 is 0 Å². The van der Waals surface area contributed by atoms with Gasteiger partial charge in [-0.2, -0.15) is 0 Å². The van der Waals surface area contributed by atoms with E-state index in [9.17, 15) is 5.11 Å². The second-order valence-corrected chi connectivity index (χ2v) is 4.57. The Kier molecular flexibility index (Phi) is 3.07. The summed E-state index contributed by atoms with van der Waals surface area (Å²) in [6, 6.07) is 19.4. The molecule has 2 unspecified atom stereocenters. The van der Waals surface area contributed by atoms with Crippen molar-refractivity contribution in [3.63, 3.8) is 0 Å². The van der Waals surface area contributed by atoms with Gasteiger partial charge in [0.25, 0.3) is 0 Å². The van der Waals surface area contributed by atoms with Crippen LogP contribution in [0.25, 0.3) is 11.0 Å². The monoisotopic (exact) mass is 253 g/mol. The standard InChI is InChI=1S/C16H15NO2/c17-16(18)15(11-6-2-1-3-7-11)14-10-12-8-4-5-9-13(12)19-14/h1-10,15-16,18H,17H2. The van der Waals surface area contributed by atoms with Crippen molar-refractivity contribution in [3.05, 3.63) is 72.0 Å². The van der Waals surface area contributed by atoms with Crippen molar-refractivity contribution in [1.82, 2.24) is 0 Å². The van der Waals surface area contributed by atoms with Gasteiger partial charge in [-0.05, 0) is 17.7 Å². The molecule has 3 nitrogen and oxygen atoms in total. The van der Waals surface area contributed by atoms with Crippen molar-refractivity contribution >= 4 is 11.0 Å². The van der Waals surface area contributed by atoms with Gasteiger partial charge < -0.3 is 15.3 Å². The number of fused-ring (bicyclic) bond motifs is 1. The highest BCUT2D eigenvalue weighted by Gasteiger charge is 2.23. The smallest absolute Gasteiger partial charge is 0.134 e. The molecule has 0 spiro atoms. The van der Waals surface area contributed by atoms with Gasteiger partial charge in [-0.15, -0.1) is 0 Å². The van der Waals surface area contributed by atoms with Gasteiger partial charge in [0.2, 0.25) is 0 Å². The normalized spacial score (nSPS) is 14.4. The number of hydrogen-bond acceptors (Lipinski definition) is 3. The maximum Gasteiger partial charge on any atom is 0.134 e. The molecule has 19 heavy (non-hydrogen) atoms. The number of aliphatic hydroxyl groups is 1. The minimum Gasteiger partial charge on any atom is -0.460 e. The molecule has 0 saturated heterocycles. The lowest BCUT2D eigenvalue weighted by Gasteiger charge is -2.17. The van der Waals surface area contributed by atoms with Crippen molar-refractivity contribution < 1.29 is 9.52 Å². The summed E-state index contributed by atoms with van der Waals surface area (Å²) in [7, 11) is 0. The number of para-hydroxylation sites is 1. The van der Waals surface area contributed by atoms with Crippen LogP contribution in [0.3, 0.4) is 0 Å². The molecule has 96 valence electrons. The molecule has 0 aliphatic carbocycles. The maximum atomic E-state index is 9.86. The Morgan fingerprint density at radius 3 is 2.32 bits per heavy atom. The van der Waals surface area contributed by atoms with Crippen LogP contribution < -0.4 is 5.73 Å². The average molecular weight is 253 g/mol. The fourth-order valence-electron chi connectivity index (χ4n) is 2.35. The molecule has 0 radical (unpaired) electrons. The maximum absolute atomic E-state index is 9.86. The SMILES string of the molecule is NC(O)C(c1ccccc1)c1cc2ccccc2o1. The molecule has 0 bridgehead atoms. The van der Waals surface area contributed by atoms with E-state index in [-0.39, 0.29) is 5.92 Å². The van der Waals surface area contributed by atoms with Gasteiger partial charge in [-0.1, -0.05) is 48.5 Å².